The molecular weight excluding hydrogens is 448 g/mol. The number of rotatable bonds is 14. The normalized spacial score (nSPS) is 12.3. The van der Waals surface area contributed by atoms with Crippen LogP contribution < -0.4 is 0 Å². The van der Waals surface area contributed by atoms with E-state index in [0.717, 1.165) is 62.3 Å². The van der Waals surface area contributed by atoms with Crippen molar-refractivity contribution in [1.82, 2.24) is 0 Å². The summed E-state index contributed by atoms with van der Waals surface area (Å²) in [6.45, 7) is 10.5. The third-order valence-electron chi connectivity index (χ3n) is 5.36. The Morgan fingerprint density at radius 1 is 0.743 bits per heavy atom. The highest BCUT2D eigenvalue weighted by Crippen LogP contribution is 2.23. The summed E-state index contributed by atoms with van der Waals surface area (Å²) in [7, 11) is 0. The SMILES string of the molecule is CC(C)=CCC/C(C)=C/CC/C(C)=C/CC/C(C)=C/COC(=O)c1cc([N+](=O)[O-])cc([N+](=O)[O-])c1. The predicted octanol–water partition coefficient (Wildman–Crippen LogP) is 7.81. The van der Waals surface area contributed by atoms with E-state index in [4.69, 9.17) is 4.74 Å². The Balaban J connectivity index is 2.48. The summed E-state index contributed by atoms with van der Waals surface area (Å²) >= 11 is 0. The van der Waals surface area contributed by atoms with Gasteiger partial charge in [-0.3, -0.25) is 20.2 Å². The number of hydrogen-bond donors (Lipinski definition) is 0. The van der Waals surface area contributed by atoms with Crippen molar-refractivity contribution in [3.05, 3.63) is 90.6 Å². The van der Waals surface area contributed by atoms with Crippen molar-refractivity contribution in [2.24, 2.45) is 0 Å². The van der Waals surface area contributed by atoms with Crippen molar-refractivity contribution in [3.63, 3.8) is 0 Å². The van der Waals surface area contributed by atoms with Gasteiger partial charge in [0.25, 0.3) is 11.4 Å². The summed E-state index contributed by atoms with van der Waals surface area (Å²) in [5.74, 6) is -0.846. The average Bonchev–Trinajstić information content (AvgIpc) is 2.78. The molecule has 0 heterocycles. The van der Waals surface area contributed by atoms with Gasteiger partial charge in [0.15, 0.2) is 0 Å². The van der Waals surface area contributed by atoms with Gasteiger partial charge in [-0.1, -0.05) is 40.5 Å². The van der Waals surface area contributed by atoms with Crippen molar-refractivity contribution < 1.29 is 19.4 Å². The molecule has 0 bridgehead atoms. The van der Waals surface area contributed by atoms with E-state index in [1.165, 1.54) is 16.7 Å². The van der Waals surface area contributed by atoms with Crippen LogP contribution in [0, 0.1) is 20.2 Å². The quantitative estimate of drug-likeness (QED) is 0.115. The van der Waals surface area contributed by atoms with Crippen LogP contribution in [0.2, 0.25) is 0 Å². The van der Waals surface area contributed by atoms with E-state index in [2.05, 4.69) is 45.9 Å². The van der Waals surface area contributed by atoms with Crippen LogP contribution in [0.3, 0.4) is 0 Å². The van der Waals surface area contributed by atoms with Gasteiger partial charge in [-0.15, -0.1) is 0 Å². The highest BCUT2D eigenvalue weighted by atomic mass is 16.6. The minimum absolute atomic E-state index is 0.0132. The number of nitro groups is 2. The summed E-state index contributed by atoms with van der Waals surface area (Å²) in [5, 5.41) is 21.9. The maximum absolute atomic E-state index is 12.2. The molecule has 0 aromatic heterocycles. The fraction of sp³-hybridized carbons (Fsp3) is 0.444. The molecule has 1 aromatic rings. The topological polar surface area (TPSA) is 113 Å². The number of carbonyl (C=O) groups is 1. The minimum Gasteiger partial charge on any atom is -0.458 e. The first-order chi connectivity index (χ1) is 16.5. The van der Waals surface area contributed by atoms with Crippen molar-refractivity contribution >= 4 is 17.3 Å². The zero-order chi connectivity index (χ0) is 26.4. The Bertz CT molecular complexity index is 998. The van der Waals surface area contributed by atoms with Gasteiger partial charge in [-0.05, 0) is 79.2 Å². The number of hydrogen-bond acceptors (Lipinski definition) is 6. The van der Waals surface area contributed by atoms with Gasteiger partial charge in [-0.25, -0.2) is 4.79 Å². The lowest BCUT2D eigenvalue weighted by Crippen LogP contribution is -2.07. The zero-order valence-electron chi connectivity index (χ0n) is 21.3. The molecule has 0 saturated carbocycles. The van der Waals surface area contributed by atoms with Crippen LogP contribution in [0.5, 0.6) is 0 Å². The molecule has 0 amide bonds. The first-order valence-corrected chi connectivity index (χ1v) is 11.7. The van der Waals surface area contributed by atoms with Crippen LogP contribution in [-0.4, -0.2) is 22.4 Å². The monoisotopic (exact) mass is 484 g/mol. The van der Waals surface area contributed by atoms with Crippen molar-refractivity contribution in [2.45, 2.75) is 73.1 Å². The first-order valence-electron chi connectivity index (χ1n) is 11.7. The number of ether oxygens (including phenoxy) is 1. The lowest BCUT2D eigenvalue weighted by Gasteiger charge is -2.04. The van der Waals surface area contributed by atoms with Crippen molar-refractivity contribution in [2.75, 3.05) is 6.61 Å². The van der Waals surface area contributed by atoms with Gasteiger partial charge in [0.1, 0.15) is 6.61 Å². The van der Waals surface area contributed by atoms with E-state index >= 15 is 0 Å². The minimum atomic E-state index is -0.846. The number of benzene rings is 1. The molecule has 0 N–H and O–H groups in total. The molecule has 0 saturated heterocycles. The molecule has 1 aromatic carbocycles. The molecule has 35 heavy (non-hydrogen) atoms. The van der Waals surface area contributed by atoms with Crippen LogP contribution in [-0.2, 0) is 4.74 Å². The van der Waals surface area contributed by atoms with Gasteiger partial charge in [0.2, 0.25) is 0 Å². The van der Waals surface area contributed by atoms with E-state index in [1.54, 1.807) is 6.08 Å². The summed E-state index contributed by atoms with van der Waals surface area (Å²) in [4.78, 5) is 32.6. The summed E-state index contributed by atoms with van der Waals surface area (Å²) in [6, 6.07) is 2.75. The van der Waals surface area contributed by atoms with E-state index < -0.39 is 27.2 Å². The van der Waals surface area contributed by atoms with Crippen LogP contribution in [0.25, 0.3) is 0 Å². The van der Waals surface area contributed by atoms with E-state index in [1.807, 2.05) is 6.92 Å². The van der Waals surface area contributed by atoms with Gasteiger partial charge in [-0.2, -0.15) is 0 Å². The molecule has 0 radical (unpaired) electrons. The molecule has 190 valence electrons. The fourth-order valence-corrected chi connectivity index (χ4v) is 3.25. The van der Waals surface area contributed by atoms with Crippen LogP contribution in [0.1, 0.15) is 83.5 Å². The maximum Gasteiger partial charge on any atom is 0.338 e. The molecule has 1 rings (SSSR count). The van der Waals surface area contributed by atoms with E-state index in [9.17, 15) is 25.0 Å². The lowest BCUT2D eigenvalue weighted by molar-refractivity contribution is -0.394. The Morgan fingerprint density at radius 2 is 1.17 bits per heavy atom. The molecule has 8 heteroatoms. The van der Waals surface area contributed by atoms with Crippen LogP contribution in [0.4, 0.5) is 11.4 Å². The van der Waals surface area contributed by atoms with Gasteiger partial charge in [0.05, 0.1) is 21.5 Å². The molecule has 8 nitrogen and oxygen atoms in total. The van der Waals surface area contributed by atoms with Crippen LogP contribution >= 0.6 is 0 Å². The van der Waals surface area contributed by atoms with Crippen LogP contribution in [0.15, 0.2) is 64.8 Å². The largest absolute Gasteiger partial charge is 0.458 e. The number of nitro benzene ring substituents is 2. The number of esters is 1. The Hall–Kier alpha value is -3.55. The standard InChI is InChI=1S/C27H36N2O6/c1-20(2)9-6-10-21(3)11-7-12-22(4)13-8-14-23(5)15-16-35-27(30)24-17-25(28(31)32)19-26(18-24)29(33)34/h9,11,13,15,17-19H,6-8,10,12,14,16H2,1-5H3/b21-11+,22-13+,23-15+. The molecule has 0 fully saturated rings. The van der Waals surface area contributed by atoms with E-state index in [0.29, 0.717) is 0 Å². The Kier molecular flexibility index (Phi) is 12.9. The second-order valence-corrected chi connectivity index (χ2v) is 8.90. The molecule has 0 aliphatic rings. The summed E-state index contributed by atoms with van der Waals surface area (Å²) in [5.41, 5.74) is 3.86. The molecule has 0 aliphatic heterocycles. The number of nitrogens with zero attached hydrogens (tertiary/aromatic N) is 2. The third kappa shape index (κ3) is 12.5. The number of non-ortho nitro benzene ring substituents is 2. The van der Waals surface area contributed by atoms with Gasteiger partial charge in [0, 0.05) is 12.1 Å². The second-order valence-electron chi connectivity index (χ2n) is 8.90. The molecule has 0 spiro atoms. The molecule has 0 atom stereocenters. The zero-order valence-corrected chi connectivity index (χ0v) is 21.3. The third-order valence-corrected chi connectivity index (χ3v) is 5.36. The summed E-state index contributed by atoms with van der Waals surface area (Å²) in [6.07, 6.45) is 14.5. The van der Waals surface area contributed by atoms with Gasteiger partial charge < -0.3 is 4.74 Å². The predicted molar refractivity (Wildman–Crippen MR) is 138 cm³/mol. The second kappa shape index (κ2) is 15.4. The lowest BCUT2D eigenvalue weighted by atomic mass is 10.0. The molecular formula is C27H36N2O6. The first kappa shape index (κ1) is 29.5. The Labute approximate surface area is 207 Å². The van der Waals surface area contributed by atoms with E-state index in [-0.39, 0.29) is 12.2 Å². The van der Waals surface area contributed by atoms with Crippen molar-refractivity contribution in [1.29, 1.82) is 0 Å². The average molecular weight is 485 g/mol. The number of allylic oxidation sites excluding steroid dienone is 7. The van der Waals surface area contributed by atoms with Crippen molar-refractivity contribution in [3.8, 4) is 0 Å². The molecule has 0 unspecified atom stereocenters. The smallest absolute Gasteiger partial charge is 0.338 e. The highest BCUT2D eigenvalue weighted by molar-refractivity contribution is 5.91. The number of carbonyl (C=O) groups excluding carboxylic acids is 1. The fourth-order valence-electron chi connectivity index (χ4n) is 3.25. The highest BCUT2D eigenvalue weighted by Gasteiger charge is 2.20. The molecule has 0 aliphatic carbocycles. The summed E-state index contributed by atoms with van der Waals surface area (Å²) < 4.78 is 5.13. The maximum atomic E-state index is 12.2. The van der Waals surface area contributed by atoms with Gasteiger partial charge >= 0.3 is 5.97 Å². The Morgan fingerprint density at radius 3 is 1.60 bits per heavy atom.